The monoisotopic (exact) mass is 497 g/mol. The zero-order chi connectivity index (χ0) is 25.9. The summed E-state index contributed by atoms with van der Waals surface area (Å²) in [6.45, 7) is 3.57. The molecule has 10 heteroatoms. The Morgan fingerprint density at radius 3 is 2.54 bits per heavy atom. The summed E-state index contributed by atoms with van der Waals surface area (Å²) in [4.78, 5) is 30.2. The maximum absolute atomic E-state index is 14.8. The lowest BCUT2D eigenvalue weighted by Gasteiger charge is -2.10. The third-order valence-corrected chi connectivity index (χ3v) is 6.16. The van der Waals surface area contributed by atoms with Gasteiger partial charge in [-0.15, -0.1) is 5.10 Å². The van der Waals surface area contributed by atoms with Crippen LogP contribution >= 0.6 is 0 Å². The Hall–Kier alpha value is -4.73. The molecule has 0 radical (unpaired) electrons. The zero-order valence-corrected chi connectivity index (χ0v) is 20.3. The Kier molecular flexibility index (Phi) is 6.55. The smallest absolute Gasteiger partial charge is 0.294 e. The number of para-hydroxylation sites is 1. The van der Waals surface area contributed by atoms with Gasteiger partial charge in [0.1, 0.15) is 5.82 Å². The van der Waals surface area contributed by atoms with Crippen molar-refractivity contribution in [3.63, 3.8) is 0 Å². The molecule has 0 aliphatic rings. The van der Waals surface area contributed by atoms with Crippen molar-refractivity contribution in [1.29, 1.82) is 0 Å². The van der Waals surface area contributed by atoms with Crippen LogP contribution < -0.4 is 5.69 Å². The number of aryl methyl sites for hydroxylation is 1. The van der Waals surface area contributed by atoms with Crippen molar-refractivity contribution in [2.24, 2.45) is 0 Å². The van der Waals surface area contributed by atoms with E-state index in [1.54, 1.807) is 17.0 Å². The molecule has 0 fully saturated rings. The third-order valence-electron chi connectivity index (χ3n) is 6.16. The molecule has 186 valence electrons. The first kappa shape index (κ1) is 24.0. The molecule has 2 aromatic carbocycles. The van der Waals surface area contributed by atoms with Crippen LogP contribution in [0.1, 0.15) is 42.0 Å². The second-order valence-electron chi connectivity index (χ2n) is 8.63. The van der Waals surface area contributed by atoms with Gasteiger partial charge in [-0.2, -0.15) is 0 Å². The minimum atomic E-state index is -0.627. The number of halogens is 1. The number of ketones is 1. The molecule has 0 saturated heterocycles. The van der Waals surface area contributed by atoms with E-state index in [9.17, 15) is 14.0 Å². The summed E-state index contributed by atoms with van der Waals surface area (Å²) >= 11 is 0. The van der Waals surface area contributed by atoms with Gasteiger partial charge in [0, 0.05) is 34.8 Å². The van der Waals surface area contributed by atoms with Crippen LogP contribution in [0.5, 0.6) is 0 Å². The van der Waals surface area contributed by atoms with Gasteiger partial charge in [0.15, 0.2) is 11.6 Å². The zero-order valence-electron chi connectivity index (χ0n) is 20.3. The first-order valence-corrected chi connectivity index (χ1v) is 11.9. The number of Topliss-reactive ketones (excluding diaryl/α,β-unsaturated/α-hetero) is 1. The lowest BCUT2D eigenvalue weighted by molar-refractivity contribution is 0.101. The molecule has 0 bridgehead atoms. The van der Waals surface area contributed by atoms with Gasteiger partial charge in [0.05, 0.1) is 17.9 Å². The van der Waals surface area contributed by atoms with Gasteiger partial charge in [0.2, 0.25) is 0 Å². The average Bonchev–Trinajstić information content (AvgIpc) is 3.54. The number of imidazole rings is 1. The van der Waals surface area contributed by atoms with Crippen LogP contribution in [-0.2, 0) is 13.0 Å². The van der Waals surface area contributed by atoms with Crippen LogP contribution in [-0.4, -0.2) is 40.5 Å². The van der Waals surface area contributed by atoms with Gasteiger partial charge in [0.25, 0.3) is 0 Å². The van der Waals surface area contributed by atoms with Crippen molar-refractivity contribution >= 4 is 5.78 Å². The maximum Gasteiger partial charge on any atom is 0.333 e. The summed E-state index contributed by atoms with van der Waals surface area (Å²) in [5, 5.41) is 14.1. The van der Waals surface area contributed by atoms with Crippen molar-refractivity contribution in [1.82, 2.24) is 34.7 Å². The molecule has 0 unspecified atom stereocenters. The molecule has 37 heavy (non-hydrogen) atoms. The molecule has 3 aromatic heterocycles. The van der Waals surface area contributed by atoms with Crippen LogP contribution in [0.15, 0.2) is 71.8 Å². The Morgan fingerprint density at radius 1 is 1.05 bits per heavy atom. The highest BCUT2D eigenvalue weighted by Gasteiger charge is 2.20. The molecule has 0 aliphatic heterocycles. The Balaban J connectivity index is 1.51. The highest BCUT2D eigenvalue weighted by Crippen LogP contribution is 2.29. The summed E-state index contributed by atoms with van der Waals surface area (Å²) in [5.74, 6) is -0.391. The SMILES string of the molecule is CCCc1cn(-c2c(F)cccc2C(C)=O)c(=O)n1Cc1ccc(-c2ccccc2-c2nnn[nH]2)cn1. The molecule has 0 atom stereocenters. The molecular formula is C27H24FN7O2. The van der Waals surface area contributed by atoms with E-state index >= 15 is 0 Å². The summed E-state index contributed by atoms with van der Waals surface area (Å²) < 4.78 is 17.6. The Morgan fingerprint density at radius 2 is 1.86 bits per heavy atom. The lowest BCUT2D eigenvalue weighted by Crippen LogP contribution is -2.26. The number of pyridine rings is 1. The summed E-state index contributed by atoms with van der Waals surface area (Å²) in [6.07, 6.45) is 4.76. The molecule has 9 nitrogen and oxygen atoms in total. The van der Waals surface area contributed by atoms with Crippen LogP contribution in [0.25, 0.3) is 28.2 Å². The summed E-state index contributed by atoms with van der Waals surface area (Å²) in [5.41, 5.74) is 3.72. The molecule has 3 heterocycles. The molecule has 0 aliphatic carbocycles. The first-order valence-electron chi connectivity index (χ1n) is 11.9. The molecule has 0 amide bonds. The molecule has 0 saturated carbocycles. The maximum atomic E-state index is 14.8. The number of rotatable bonds is 8. The molecule has 1 N–H and O–H groups in total. The Labute approximate surface area is 211 Å². The number of aromatic nitrogens is 7. The minimum absolute atomic E-state index is 0.0297. The number of hydrogen-bond donors (Lipinski definition) is 1. The number of aromatic amines is 1. The number of nitrogens with zero attached hydrogens (tertiary/aromatic N) is 6. The first-order chi connectivity index (χ1) is 18.0. The number of carbonyl (C=O) groups excluding carboxylic acids is 1. The number of H-pyrrole nitrogens is 1. The van der Waals surface area contributed by atoms with Gasteiger partial charge in [-0.1, -0.05) is 49.7 Å². The Bertz CT molecular complexity index is 1620. The molecular weight excluding hydrogens is 473 g/mol. The van der Waals surface area contributed by atoms with E-state index in [1.165, 1.54) is 29.7 Å². The number of carbonyl (C=O) groups is 1. The largest absolute Gasteiger partial charge is 0.333 e. The van der Waals surface area contributed by atoms with E-state index in [2.05, 4.69) is 25.6 Å². The quantitative estimate of drug-likeness (QED) is 0.321. The minimum Gasteiger partial charge on any atom is -0.294 e. The standard InChI is InChI=1S/C27H24FN7O2/c1-3-7-20-16-35(25-21(17(2)36)10-6-11-24(25)28)27(37)34(20)15-19-13-12-18(14-29-19)22-8-4-5-9-23(22)26-30-32-33-31-26/h4-6,8-14,16H,3,7,15H2,1-2H3,(H,30,31,32,33). The second kappa shape index (κ2) is 10.1. The molecule has 5 rings (SSSR count). The number of benzene rings is 2. The lowest BCUT2D eigenvalue weighted by atomic mass is 10.0. The van der Waals surface area contributed by atoms with Crippen LogP contribution in [0.2, 0.25) is 0 Å². The fourth-order valence-corrected chi connectivity index (χ4v) is 4.41. The van der Waals surface area contributed by atoms with E-state index in [-0.39, 0.29) is 23.6 Å². The van der Waals surface area contributed by atoms with E-state index in [4.69, 9.17) is 0 Å². The second-order valence-corrected chi connectivity index (χ2v) is 8.63. The van der Waals surface area contributed by atoms with Gasteiger partial charge < -0.3 is 0 Å². The van der Waals surface area contributed by atoms with E-state index < -0.39 is 11.5 Å². The third kappa shape index (κ3) is 4.61. The topological polar surface area (TPSA) is 111 Å². The van der Waals surface area contributed by atoms with Gasteiger partial charge in [-0.3, -0.25) is 18.9 Å². The summed E-state index contributed by atoms with van der Waals surface area (Å²) in [7, 11) is 0. The predicted octanol–water partition coefficient (Wildman–Crippen LogP) is 4.22. The predicted molar refractivity (Wildman–Crippen MR) is 136 cm³/mol. The normalized spacial score (nSPS) is 11.1. The van der Waals surface area contributed by atoms with Crippen molar-refractivity contribution in [2.45, 2.75) is 33.2 Å². The molecule has 0 spiro atoms. The van der Waals surface area contributed by atoms with Crippen molar-refractivity contribution in [2.75, 3.05) is 0 Å². The van der Waals surface area contributed by atoms with Crippen LogP contribution in [0, 0.1) is 5.82 Å². The van der Waals surface area contributed by atoms with E-state index in [0.717, 1.165) is 28.8 Å². The highest BCUT2D eigenvalue weighted by molar-refractivity contribution is 5.97. The van der Waals surface area contributed by atoms with Gasteiger partial charge >= 0.3 is 5.69 Å². The van der Waals surface area contributed by atoms with Gasteiger partial charge in [-0.25, -0.2) is 14.3 Å². The fourth-order valence-electron chi connectivity index (χ4n) is 4.41. The average molecular weight is 498 g/mol. The van der Waals surface area contributed by atoms with Crippen LogP contribution in [0.4, 0.5) is 4.39 Å². The molecule has 5 aromatic rings. The number of nitrogens with one attached hydrogen (secondary N) is 1. The van der Waals surface area contributed by atoms with Crippen molar-refractivity contribution < 1.29 is 9.18 Å². The highest BCUT2D eigenvalue weighted by atomic mass is 19.1. The van der Waals surface area contributed by atoms with Crippen LogP contribution in [0.3, 0.4) is 0 Å². The number of tetrazole rings is 1. The van der Waals surface area contributed by atoms with E-state index in [0.29, 0.717) is 17.9 Å². The van der Waals surface area contributed by atoms with Gasteiger partial charge in [-0.05, 0) is 47.5 Å². The summed E-state index contributed by atoms with van der Waals surface area (Å²) in [6, 6.07) is 15.7. The van der Waals surface area contributed by atoms with Crippen molar-refractivity contribution in [3.05, 3.63) is 100 Å². The number of hydrogen-bond acceptors (Lipinski definition) is 6. The van der Waals surface area contributed by atoms with Crippen molar-refractivity contribution in [3.8, 4) is 28.2 Å². The fraction of sp³-hybridized carbons (Fsp3) is 0.185. The van der Waals surface area contributed by atoms with E-state index in [1.807, 2.05) is 43.3 Å².